The molecule has 2 nitrogen and oxygen atoms in total. The molecule has 0 radical (unpaired) electrons. The van der Waals surface area contributed by atoms with E-state index in [0.717, 1.165) is 37.8 Å². The van der Waals surface area contributed by atoms with Gasteiger partial charge in [0.1, 0.15) is 0 Å². The Morgan fingerprint density at radius 2 is 1.53 bits per heavy atom. The van der Waals surface area contributed by atoms with Crippen LogP contribution in [0.3, 0.4) is 0 Å². The fourth-order valence-electron chi connectivity index (χ4n) is 4.06. The molecular formula is C17H21NO. The van der Waals surface area contributed by atoms with Gasteiger partial charge in [-0.05, 0) is 55.1 Å². The van der Waals surface area contributed by atoms with E-state index in [2.05, 4.69) is 29.2 Å². The van der Waals surface area contributed by atoms with E-state index in [0.29, 0.717) is 11.8 Å². The lowest BCUT2D eigenvalue weighted by Crippen LogP contribution is -2.37. The summed E-state index contributed by atoms with van der Waals surface area (Å²) in [6.45, 7) is 1.84. The van der Waals surface area contributed by atoms with Crippen LogP contribution in [0.15, 0.2) is 24.3 Å². The average Bonchev–Trinajstić information content (AvgIpc) is 3.12. The van der Waals surface area contributed by atoms with Crippen LogP contribution in [0.25, 0.3) is 0 Å². The lowest BCUT2D eigenvalue weighted by atomic mass is 10.0. The van der Waals surface area contributed by atoms with Crippen molar-refractivity contribution in [3.8, 4) is 0 Å². The van der Waals surface area contributed by atoms with E-state index in [1.807, 2.05) is 0 Å². The van der Waals surface area contributed by atoms with Gasteiger partial charge in [-0.2, -0.15) is 0 Å². The first-order valence-corrected chi connectivity index (χ1v) is 7.67. The molecule has 1 amide bonds. The van der Waals surface area contributed by atoms with Gasteiger partial charge >= 0.3 is 0 Å². The third kappa shape index (κ3) is 2.07. The summed E-state index contributed by atoms with van der Waals surface area (Å²) in [5, 5.41) is 0. The highest BCUT2D eigenvalue weighted by Crippen LogP contribution is 2.54. The molecule has 1 aromatic rings. The predicted octanol–water partition coefficient (Wildman–Crippen LogP) is 2.66. The minimum absolute atomic E-state index is 0.352. The molecule has 2 fully saturated rings. The molecule has 2 heteroatoms. The van der Waals surface area contributed by atoms with E-state index in [4.69, 9.17) is 0 Å². The zero-order chi connectivity index (χ0) is 12.8. The second-order valence-electron chi connectivity index (χ2n) is 6.52. The van der Waals surface area contributed by atoms with Crippen molar-refractivity contribution in [1.82, 2.24) is 4.90 Å². The number of hydrogen-bond acceptors (Lipinski definition) is 1. The first-order chi connectivity index (χ1) is 9.31. The molecule has 2 aliphatic carbocycles. The lowest BCUT2D eigenvalue weighted by molar-refractivity contribution is -0.135. The van der Waals surface area contributed by atoms with Crippen LogP contribution < -0.4 is 0 Å². The number of hydrogen-bond donors (Lipinski definition) is 0. The summed E-state index contributed by atoms with van der Waals surface area (Å²) in [6.07, 6.45) is 5.80. The highest BCUT2D eigenvalue weighted by atomic mass is 16.2. The molecule has 1 heterocycles. The first kappa shape index (κ1) is 11.5. The zero-order valence-corrected chi connectivity index (χ0v) is 11.3. The van der Waals surface area contributed by atoms with Crippen molar-refractivity contribution in [2.75, 3.05) is 13.1 Å². The number of benzene rings is 1. The van der Waals surface area contributed by atoms with Crippen LogP contribution in [0, 0.1) is 17.8 Å². The maximum absolute atomic E-state index is 12.6. The molecule has 1 aromatic carbocycles. The van der Waals surface area contributed by atoms with Crippen LogP contribution in [0.1, 0.15) is 30.4 Å². The van der Waals surface area contributed by atoms with E-state index in [1.165, 1.54) is 30.4 Å². The Balaban J connectivity index is 1.45. The fourth-order valence-corrected chi connectivity index (χ4v) is 4.06. The monoisotopic (exact) mass is 255 g/mol. The molecule has 19 heavy (non-hydrogen) atoms. The Morgan fingerprint density at radius 3 is 2.11 bits per heavy atom. The van der Waals surface area contributed by atoms with Crippen molar-refractivity contribution in [2.24, 2.45) is 17.8 Å². The summed E-state index contributed by atoms with van der Waals surface area (Å²) in [5.41, 5.74) is 2.87. The van der Waals surface area contributed by atoms with Gasteiger partial charge in [0.2, 0.25) is 5.91 Å². The maximum atomic E-state index is 12.6. The molecule has 0 N–H and O–H groups in total. The normalized spacial score (nSPS) is 32.4. The number of amides is 1. The fraction of sp³-hybridized carbons (Fsp3) is 0.588. The van der Waals surface area contributed by atoms with Gasteiger partial charge in [0.25, 0.3) is 0 Å². The number of fused-ring (bicyclic) bond motifs is 2. The summed E-state index contributed by atoms with van der Waals surface area (Å²) >= 11 is 0. The molecule has 2 atom stereocenters. The first-order valence-electron chi connectivity index (χ1n) is 7.67. The van der Waals surface area contributed by atoms with Crippen LogP contribution in [0.4, 0.5) is 0 Å². The smallest absolute Gasteiger partial charge is 0.225 e. The minimum Gasteiger partial charge on any atom is -0.342 e. The highest BCUT2D eigenvalue weighted by molar-refractivity contribution is 5.79. The summed E-state index contributed by atoms with van der Waals surface area (Å²) in [6, 6.07) is 8.66. The van der Waals surface area contributed by atoms with Crippen molar-refractivity contribution in [1.29, 1.82) is 0 Å². The highest BCUT2D eigenvalue weighted by Gasteiger charge is 2.48. The van der Waals surface area contributed by atoms with Gasteiger partial charge in [0, 0.05) is 19.0 Å². The second-order valence-corrected chi connectivity index (χ2v) is 6.52. The molecule has 100 valence electrons. The summed E-state index contributed by atoms with van der Waals surface area (Å²) in [7, 11) is 0. The van der Waals surface area contributed by atoms with E-state index >= 15 is 0 Å². The summed E-state index contributed by atoms with van der Waals surface area (Å²) in [5.74, 6) is 2.60. The largest absolute Gasteiger partial charge is 0.342 e. The van der Waals surface area contributed by atoms with Gasteiger partial charge in [-0.25, -0.2) is 0 Å². The third-order valence-electron chi connectivity index (χ3n) is 5.32. The van der Waals surface area contributed by atoms with Crippen LogP contribution in [0.2, 0.25) is 0 Å². The number of nitrogens with zero attached hydrogens (tertiary/aromatic N) is 1. The molecule has 3 aliphatic rings. The van der Waals surface area contributed by atoms with Crippen molar-refractivity contribution in [2.45, 2.75) is 32.1 Å². The Bertz CT molecular complexity index is 473. The minimum atomic E-state index is 0.352. The molecule has 4 rings (SSSR count). The van der Waals surface area contributed by atoms with Crippen molar-refractivity contribution >= 4 is 5.91 Å². The zero-order valence-electron chi connectivity index (χ0n) is 11.3. The SMILES string of the molecule is O=C(C1CC2CC2C1)N1CCc2ccccc2CC1. The molecule has 0 bridgehead atoms. The van der Waals surface area contributed by atoms with Gasteiger partial charge < -0.3 is 4.90 Å². The van der Waals surface area contributed by atoms with Gasteiger partial charge in [-0.15, -0.1) is 0 Å². The average molecular weight is 255 g/mol. The summed E-state index contributed by atoms with van der Waals surface area (Å²) < 4.78 is 0. The standard InChI is InChI=1S/C17H21NO/c19-17(16-10-14-9-15(14)11-16)18-7-5-12-3-1-2-4-13(12)6-8-18/h1-4,14-16H,5-11H2. The van der Waals surface area contributed by atoms with Crippen LogP contribution in [0.5, 0.6) is 0 Å². The second kappa shape index (κ2) is 4.36. The van der Waals surface area contributed by atoms with Crippen LogP contribution in [-0.2, 0) is 17.6 Å². The van der Waals surface area contributed by atoms with Crippen molar-refractivity contribution in [3.05, 3.63) is 35.4 Å². The van der Waals surface area contributed by atoms with Gasteiger partial charge in [-0.1, -0.05) is 24.3 Å². The number of carbonyl (C=O) groups is 1. The van der Waals surface area contributed by atoms with Gasteiger partial charge in [0.05, 0.1) is 0 Å². The molecule has 2 saturated carbocycles. The maximum Gasteiger partial charge on any atom is 0.225 e. The van der Waals surface area contributed by atoms with Crippen LogP contribution in [-0.4, -0.2) is 23.9 Å². The quantitative estimate of drug-likeness (QED) is 0.755. The van der Waals surface area contributed by atoms with Gasteiger partial charge in [-0.3, -0.25) is 4.79 Å². The van der Waals surface area contributed by atoms with Crippen LogP contribution >= 0.6 is 0 Å². The molecule has 1 aliphatic heterocycles. The van der Waals surface area contributed by atoms with Crippen molar-refractivity contribution < 1.29 is 4.79 Å². The molecule has 2 unspecified atom stereocenters. The summed E-state index contributed by atoms with van der Waals surface area (Å²) in [4.78, 5) is 14.7. The van der Waals surface area contributed by atoms with E-state index < -0.39 is 0 Å². The topological polar surface area (TPSA) is 20.3 Å². The van der Waals surface area contributed by atoms with Crippen molar-refractivity contribution in [3.63, 3.8) is 0 Å². The van der Waals surface area contributed by atoms with E-state index in [-0.39, 0.29) is 0 Å². The molecule has 0 aromatic heterocycles. The Hall–Kier alpha value is -1.31. The molecular weight excluding hydrogens is 234 g/mol. The Morgan fingerprint density at radius 1 is 0.947 bits per heavy atom. The van der Waals surface area contributed by atoms with E-state index in [9.17, 15) is 4.79 Å². The Labute approximate surface area is 114 Å². The lowest BCUT2D eigenvalue weighted by Gasteiger charge is -2.24. The number of rotatable bonds is 1. The van der Waals surface area contributed by atoms with Gasteiger partial charge in [0.15, 0.2) is 0 Å². The molecule has 0 spiro atoms. The third-order valence-corrected chi connectivity index (χ3v) is 5.32. The number of carbonyl (C=O) groups excluding carboxylic acids is 1. The Kier molecular flexibility index (Phi) is 2.64. The molecule has 0 saturated heterocycles. The van der Waals surface area contributed by atoms with E-state index in [1.54, 1.807) is 0 Å². The predicted molar refractivity (Wildman–Crippen MR) is 74.8 cm³/mol.